The molecule has 2 aromatic heterocycles. The van der Waals surface area contributed by atoms with Crippen molar-refractivity contribution in [1.82, 2.24) is 10.1 Å². The third kappa shape index (κ3) is 2.62. The molecule has 3 rings (SSSR count). The fourth-order valence-corrected chi connectivity index (χ4v) is 2.15. The van der Waals surface area contributed by atoms with Crippen LogP contribution in [0.25, 0.3) is 11.5 Å². The monoisotopic (exact) mass is 277 g/mol. The van der Waals surface area contributed by atoms with Gasteiger partial charge >= 0.3 is 0 Å². The summed E-state index contributed by atoms with van der Waals surface area (Å²) in [6, 6.07) is 1.47. The van der Waals surface area contributed by atoms with Crippen LogP contribution in [0.2, 0.25) is 0 Å². The highest BCUT2D eigenvalue weighted by molar-refractivity contribution is 5.55. The van der Waals surface area contributed by atoms with Crippen molar-refractivity contribution in [3.63, 3.8) is 0 Å². The van der Waals surface area contributed by atoms with Gasteiger partial charge in [0.2, 0.25) is 0 Å². The third-order valence-electron chi connectivity index (χ3n) is 3.63. The van der Waals surface area contributed by atoms with Crippen molar-refractivity contribution in [2.24, 2.45) is 5.73 Å². The summed E-state index contributed by atoms with van der Waals surface area (Å²) in [6.07, 6.45) is 6.24. The van der Waals surface area contributed by atoms with Crippen molar-refractivity contribution in [3.05, 3.63) is 23.9 Å². The van der Waals surface area contributed by atoms with Crippen LogP contribution in [0.5, 0.6) is 0 Å². The molecule has 2 N–H and O–H groups in total. The molecule has 0 aliphatic heterocycles. The number of furan rings is 1. The Bertz CT molecular complexity index is 560. The SMILES string of the molecule is CCc1occc1-c1nc(C(N)COC2CCC2)no1. The number of aryl methyl sites for hydroxylation is 1. The zero-order valence-corrected chi connectivity index (χ0v) is 11.5. The molecule has 1 unspecified atom stereocenters. The molecule has 0 aromatic carbocycles. The zero-order chi connectivity index (χ0) is 13.9. The Morgan fingerprint density at radius 1 is 1.50 bits per heavy atom. The van der Waals surface area contributed by atoms with E-state index in [1.54, 1.807) is 6.26 Å². The van der Waals surface area contributed by atoms with E-state index in [0.29, 0.717) is 24.4 Å². The van der Waals surface area contributed by atoms with Gasteiger partial charge in [-0.2, -0.15) is 4.98 Å². The Hall–Kier alpha value is -1.66. The average molecular weight is 277 g/mol. The summed E-state index contributed by atoms with van der Waals surface area (Å²) in [5.41, 5.74) is 6.86. The van der Waals surface area contributed by atoms with Gasteiger partial charge in [-0.25, -0.2) is 0 Å². The van der Waals surface area contributed by atoms with Gasteiger partial charge in [0, 0.05) is 6.42 Å². The van der Waals surface area contributed by atoms with Gasteiger partial charge in [-0.3, -0.25) is 0 Å². The van der Waals surface area contributed by atoms with Gasteiger partial charge in [-0.15, -0.1) is 0 Å². The highest BCUT2D eigenvalue weighted by Crippen LogP contribution is 2.26. The Kier molecular flexibility index (Phi) is 3.84. The molecular weight excluding hydrogens is 258 g/mol. The first-order chi connectivity index (χ1) is 9.78. The van der Waals surface area contributed by atoms with Crippen molar-refractivity contribution in [1.29, 1.82) is 0 Å². The van der Waals surface area contributed by atoms with E-state index < -0.39 is 0 Å². The predicted molar refractivity (Wildman–Crippen MR) is 71.9 cm³/mol. The Morgan fingerprint density at radius 3 is 3.05 bits per heavy atom. The average Bonchev–Trinajstić information content (AvgIpc) is 3.04. The summed E-state index contributed by atoms with van der Waals surface area (Å²) in [5.74, 6) is 1.76. The minimum atomic E-state index is -0.356. The van der Waals surface area contributed by atoms with E-state index in [4.69, 9.17) is 19.4 Å². The highest BCUT2D eigenvalue weighted by Gasteiger charge is 2.22. The van der Waals surface area contributed by atoms with Gasteiger partial charge in [0.05, 0.1) is 30.6 Å². The van der Waals surface area contributed by atoms with E-state index in [0.717, 1.165) is 30.6 Å². The normalized spacial score (nSPS) is 17.1. The Labute approximate surface area is 117 Å². The van der Waals surface area contributed by atoms with E-state index in [-0.39, 0.29) is 6.04 Å². The molecule has 108 valence electrons. The molecular formula is C14H19N3O3. The summed E-state index contributed by atoms with van der Waals surface area (Å²) in [5, 5.41) is 3.94. The van der Waals surface area contributed by atoms with Crippen molar-refractivity contribution in [2.45, 2.75) is 44.8 Å². The van der Waals surface area contributed by atoms with Gasteiger partial charge < -0.3 is 19.4 Å². The molecule has 0 bridgehead atoms. The molecule has 2 heterocycles. The van der Waals surface area contributed by atoms with Crippen LogP contribution in [0.4, 0.5) is 0 Å². The van der Waals surface area contributed by atoms with E-state index in [1.165, 1.54) is 6.42 Å². The van der Waals surface area contributed by atoms with E-state index in [9.17, 15) is 0 Å². The maximum Gasteiger partial charge on any atom is 0.261 e. The number of aromatic nitrogens is 2. The van der Waals surface area contributed by atoms with Gasteiger partial charge in [0.1, 0.15) is 5.76 Å². The lowest BCUT2D eigenvalue weighted by atomic mass is 9.96. The van der Waals surface area contributed by atoms with E-state index in [2.05, 4.69) is 10.1 Å². The number of rotatable bonds is 6. The lowest BCUT2D eigenvalue weighted by Crippen LogP contribution is -2.27. The minimum Gasteiger partial charge on any atom is -0.469 e. The molecule has 0 spiro atoms. The molecule has 1 fully saturated rings. The summed E-state index contributed by atoms with van der Waals surface area (Å²) in [6.45, 7) is 2.44. The van der Waals surface area contributed by atoms with Crippen LogP contribution < -0.4 is 5.73 Å². The molecule has 20 heavy (non-hydrogen) atoms. The lowest BCUT2D eigenvalue weighted by Gasteiger charge is -2.26. The van der Waals surface area contributed by atoms with Gasteiger partial charge in [-0.1, -0.05) is 12.1 Å². The summed E-state index contributed by atoms with van der Waals surface area (Å²) < 4.78 is 16.3. The fourth-order valence-electron chi connectivity index (χ4n) is 2.15. The van der Waals surface area contributed by atoms with Crippen LogP contribution in [0.3, 0.4) is 0 Å². The quantitative estimate of drug-likeness (QED) is 0.872. The second-order valence-corrected chi connectivity index (χ2v) is 5.06. The topological polar surface area (TPSA) is 87.3 Å². The molecule has 0 saturated heterocycles. The van der Waals surface area contributed by atoms with Crippen molar-refractivity contribution in [3.8, 4) is 11.5 Å². The minimum absolute atomic E-state index is 0.355. The molecule has 6 nitrogen and oxygen atoms in total. The van der Waals surface area contributed by atoms with Crippen LogP contribution in [-0.4, -0.2) is 22.9 Å². The molecule has 2 aromatic rings. The van der Waals surface area contributed by atoms with Gasteiger partial charge in [0.25, 0.3) is 5.89 Å². The lowest BCUT2D eigenvalue weighted by molar-refractivity contribution is -0.00549. The standard InChI is InChI=1S/C14H19N3O3/c1-2-12-10(6-7-18-12)14-16-13(17-20-14)11(15)8-19-9-4-3-5-9/h6-7,9,11H,2-5,8,15H2,1H3. The zero-order valence-electron chi connectivity index (χ0n) is 11.5. The van der Waals surface area contributed by atoms with Gasteiger partial charge in [0.15, 0.2) is 5.82 Å². The van der Waals surface area contributed by atoms with Crippen LogP contribution in [0.1, 0.15) is 43.8 Å². The Morgan fingerprint density at radius 2 is 2.35 bits per heavy atom. The summed E-state index contributed by atoms with van der Waals surface area (Å²) >= 11 is 0. The number of nitrogens with zero attached hydrogens (tertiary/aromatic N) is 2. The first-order valence-electron chi connectivity index (χ1n) is 7.05. The molecule has 1 saturated carbocycles. The van der Waals surface area contributed by atoms with Crippen LogP contribution in [0, 0.1) is 0 Å². The number of hydrogen-bond acceptors (Lipinski definition) is 6. The Balaban J connectivity index is 1.66. The van der Waals surface area contributed by atoms with E-state index >= 15 is 0 Å². The maximum atomic E-state index is 6.03. The van der Waals surface area contributed by atoms with Crippen LogP contribution >= 0.6 is 0 Å². The number of nitrogens with two attached hydrogens (primary N) is 1. The molecule has 1 aliphatic carbocycles. The molecule has 1 atom stereocenters. The van der Waals surface area contributed by atoms with Crippen LogP contribution in [-0.2, 0) is 11.2 Å². The third-order valence-corrected chi connectivity index (χ3v) is 3.63. The smallest absolute Gasteiger partial charge is 0.261 e. The first-order valence-corrected chi connectivity index (χ1v) is 7.05. The largest absolute Gasteiger partial charge is 0.469 e. The number of hydrogen-bond donors (Lipinski definition) is 1. The maximum absolute atomic E-state index is 6.03. The highest BCUT2D eigenvalue weighted by atomic mass is 16.5. The van der Waals surface area contributed by atoms with Gasteiger partial charge in [-0.05, 0) is 25.3 Å². The molecule has 0 amide bonds. The molecule has 0 radical (unpaired) electrons. The van der Waals surface area contributed by atoms with Crippen molar-refractivity contribution < 1.29 is 13.7 Å². The first kappa shape index (κ1) is 13.3. The van der Waals surface area contributed by atoms with E-state index in [1.807, 2.05) is 13.0 Å². The van der Waals surface area contributed by atoms with Crippen molar-refractivity contribution >= 4 is 0 Å². The predicted octanol–water partition coefficient (Wildman–Crippen LogP) is 2.46. The molecule has 1 aliphatic rings. The summed E-state index contributed by atoms with van der Waals surface area (Å²) in [7, 11) is 0. The second-order valence-electron chi connectivity index (χ2n) is 5.06. The van der Waals surface area contributed by atoms with Crippen LogP contribution in [0.15, 0.2) is 21.3 Å². The number of ether oxygens (including phenoxy) is 1. The fraction of sp³-hybridized carbons (Fsp3) is 0.571. The van der Waals surface area contributed by atoms with Crippen molar-refractivity contribution in [2.75, 3.05) is 6.61 Å². The molecule has 6 heteroatoms. The summed E-state index contributed by atoms with van der Waals surface area (Å²) in [4.78, 5) is 4.34. The second kappa shape index (κ2) is 5.76.